The number of hydrogen-bond acceptors (Lipinski definition) is 4. The number of ether oxygens (including phenoxy) is 1. The summed E-state index contributed by atoms with van der Waals surface area (Å²) in [6, 6.07) is 1.82. The van der Waals surface area contributed by atoms with E-state index in [0.717, 1.165) is 18.7 Å². The number of aromatic nitrogens is 2. The summed E-state index contributed by atoms with van der Waals surface area (Å²) in [5.74, 6) is 0.560. The number of hydrogen-bond donors (Lipinski definition) is 0. The lowest BCUT2D eigenvalue weighted by atomic mass is 9.91. The molecule has 0 aliphatic carbocycles. The first-order chi connectivity index (χ1) is 11.8. The topological polar surface area (TPSA) is 67.7 Å². The smallest absolute Gasteiger partial charge is 0.410 e. The second kappa shape index (κ2) is 6.69. The average molecular weight is 348 g/mol. The van der Waals surface area contributed by atoms with E-state index in [9.17, 15) is 9.59 Å². The predicted molar refractivity (Wildman–Crippen MR) is 93.3 cm³/mol. The Morgan fingerprint density at radius 3 is 2.60 bits per heavy atom. The molecule has 25 heavy (non-hydrogen) atoms. The maximum Gasteiger partial charge on any atom is 0.410 e. The van der Waals surface area contributed by atoms with Gasteiger partial charge in [0.15, 0.2) is 0 Å². The van der Waals surface area contributed by atoms with Crippen molar-refractivity contribution in [3.05, 3.63) is 17.5 Å². The second-order valence-corrected chi connectivity index (χ2v) is 7.74. The van der Waals surface area contributed by atoms with Gasteiger partial charge in [-0.25, -0.2) is 4.79 Å². The summed E-state index contributed by atoms with van der Waals surface area (Å²) in [5.41, 5.74) is 1.02. The predicted octanol–water partition coefficient (Wildman–Crippen LogP) is 2.20. The highest BCUT2D eigenvalue weighted by molar-refractivity contribution is 5.92. The molecule has 3 heterocycles. The molecular weight excluding hydrogens is 320 g/mol. The van der Waals surface area contributed by atoms with E-state index in [4.69, 9.17) is 4.74 Å². The van der Waals surface area contributed by atoms with Crippen molar-refractivity contribution in [2.75, 3.05) is 26.2 Å². The Hall–Kier alpha value is -2.05. The number of carbonyl (C=O) groups is 2. The van der Waals surface area contributed by atoms with E-state index in [-0.39, 0.29) is 12.0 Å². The van der Waals surface area contributed by atoms with Crippen LogP contribution in [0.5, 0.6) is 0 Å². The standard InChI is InChI=1S/C18H28N4O3/c1-13(2)5-8-22-12-18(25-17(22)24)6-9-21(10-7-18)16(23)15-11-14(3)19-20(15)4/h11,13H,5-10,12H2,1-4H3. The number of amides is 2. The van der Waals surface area contributed by atoms with Crippen LogP contribution in [0.3, 0.4) is 0 Å². The van der Waals surface area contributed by atoms with Crippen LogP contribution in [0.15, 0.2) is 6.07 Å². The van der Waals surface area contributed by atoms with Gasteiger partial charge >= 0.3 is 6.09 Å². The molecule has 2 saturated heterocycles. The van der Waals surface area contributed by atoms with Crippen molar-refractivity contribution in [3.63, 3.8) is 0 Å². The van der Waals surface area contributed by atoms with E-state index in [2.05, 4.69) is 18.9 Å². The normalized spacial score (nSPS) is 19.8. The zero-order valence-electron chi connectivity index (χ0n) is 15.6. The number of carbonyl (C=O) groups excluding carboxylic acids is 2. The molecule has 7 nitrogen and oxygen atoms in total. The van der Waals surface area contributed by atoms with Crippen LogP contribution in [0.2, 0.25) is 0 Å². The van der Waals surface area contributed by atoms with Gasteiger partial charge in [0.25, 0.3) is 5.91 Å². The van der Waals surface area contributed by atoms with E-state index in [1.54, 1.807) is 11.7 Å². The largest absolute Gasteiger partial charge is 0.441 e. The average Bonchev–Trinajstić information content (AvgIpc) is 3.04. The molecule has 138 valence electrons. The lowest BCUT2D eigenvalue weighted by Gasteiger charge is -2.37. The van der Waals surface area contributed by atoms with Gasteiger partial charge < -0.3 is 14.5 Å². The van der Waals surface area contributed by atoms with Crippen molar-refractivity contribution in [1.29, 1.82) is 0 Å². The van der Waals surface area contributed by atoms with E-state index in [1.165, 1.54) is 0 Å². The Labute approximate surface area is 148 Å². The summed E-state index contributed by atoms with van der Waals surface area (Å²) >= 11 is 0. The van der Waals surface area contributed by atoms with Gasteiger partial charge in [0.1, 0.15) is 11.3 Å². The summed E-state index contributed by atoms with van der Waals surface area (Å²) in [4.78, 5) is 28.5. The Balaban J connectivity index is 1.59. The van der Waals surface area contributed by atoms with Crippen molar-refractivity contribution in [2.24, 2.45) is 13.0 Å². The molecule has 1 aromatic rings. The lowest BCUT2D eigenvalue weighted by molar-refractivity contribution is 0.00283. The fourth-order valence-corrected chi connectivity index (χ4v) is 3.63. The molecule has 0 bridgehead atoms. The van der Waals surface area contributed by atoms with Crippen molar-refractivity contribution < 1.29 is 14.3 Å². The number of nitrogens with zero attached hydrogens (tertiary/aromatic N) is 4. The number of rotatable bonds is 4. The zero-order chi connectivity index (χ0) is 18.2. The Bertz CT molecular complexity index is 659. The summed E-state index contributed by atoms with van der Waals surface area (Å²) in [6.07, 6.45) is 2.16. The van der Waals surface area contributed by atoms with Crippen LogP contribution in [0.1, 0.15) is 49.3 Å². The third kappa shape index (κ3) is 3.65. The van der Waals surface area contributed by atoms with Gasteiger partial charge in [0.05, 0.1) is 12.2 Å². The van der Waals surface area contributed by atoms with Crippen LogP contribution in [-0.4, -0.2) is 63.4 Å². The Morgan fingerprint density at radius 2 is 2.04 bits per heavy atom. The Morgan fingerprint density at radius 1 is 1.36 bits per heavy atom. The molecule has 1 aromatic heterocycles. The molecule has 0 saturated carbocycles. The van der Waals surface area contributed by atoms with Gasteiger partial charge in [0, 0.05) is 39.5 Å². The SMILES string of the molecule is Cc1cc(C(=O)N2CCC3(CC2)CN(CCC(C)C)C(=O)O3)n(C)n1. The van der Waals surface area contributed by atoms with Crippen LogP contribution in [-0.2, 0) is 11.8 Å². The highest BCUT2D eigenvalue weighted by Gasteiger charge is 2.47. The molecular formula is C18H28N4O3. The number of piperidine rings is 1. The maximum atomic E-state index is 12.7. The van der Waals surface area contributed by atoms with Gasteiger partial charge in [-0.15, -0.1) is 0 Å². The summed E-state index contributed by atoms with van der Waals surface area (Å²) in [5, 5.41) is 4.25. The molecule has 0 radical (unpaired) electrons. The summed E-state index contributed by atoms with van der Waals surface area (Å²) < 4.78 is 7.36. The van der Waals surface area contributed by atoms with Gasteiger partial charge in [-0.3, -0.25) is 9.48 Å². The molecule has 2 aliphatic heterocycles. The molecule has 1 spiro atoms. The highest BCUT2D eigenvalue weighted by atomic mass is 16.6. The lowest BCUT2D eigenvalue weighted by Crippen LogP contribution is -2.49. The van der Waals surface area contributed by atoms with E-state index < -0.39 is 5.60 Å². The quantitative estimate of drug-likeness (QED) is 0.836. The minimum atomic E-state index is -0.423. The van der Waals surface area contributed by atoms with Gasteiger partial charge in [-0.2, -0.15) is 5.10 Å². The minimum Gasteiger partial charge on any atom is -0.441 e. The zero-order valence-corrected chi connectivity index (χ0v) is 15.6. The molecule has 2 fully saturated rings. The van der Waals surface area contributed by atoms with Crippen molar-refractivity contribution in [1.82, 2.24) is 19.6 Å². The fraction of sp³-hybridized carbons (Fsp3) is 0.722. The van der Waals surface area contributed by atoms with Gasteiger partial charge in [-0.05, 0) is 25.3 Å². The molecule has 0 aromatic carbocycles. The summed E-state index contributed by atoms with van der Waals surface area (Å²) in [6.45, 7) is 8.79. The molecule has 7 heteroatoms. The van der Waals surface area contributed by atoms with Crippen LogP contribution < -0.4 is 0 Å². The van der Waals surface area contributed by atoms with Gasteiger partial charge in [-0.1, -0.05) is 13.8 Å². The third-order valence-electron chi connectivity index (χ3n) is 5.20. The number of likely N-dealkylation sites (tertiary alicyclic amines) is 1. The van der Waals surface area contributed by atoms with Gasteiger partial charge in [0.2, 0.25) is 0 Å². The molecule has 0 N–H and O–H groups in total. The molecule has 0 atom stereocenters. The van der Waals surface area contributed by atoms with Crippen LogP contribution >= 0.6 is 0 Å². The third-order valence-corrected chi connectivity index (χ3v) is 5.20. The minimum absolute atomic E-state index is 0.000984. The first-order valence-corrected chi connectivity index (χ1v) is 9.07. The molecule has 0 unspecified atom stereocenters. The molecule has 2 aliphatic rings. The maximum absolute atomic E-state index is 12.7. The first-order valence-electron chi connectivity index (χ1n) is 9.07. The first kappa shape index (κ1) is 17.8. The molecule has 3 rings (SSSR count). The van der Waals surface area contributed by atoms with E-state index >= 15 is 0 Å². The van der Waals surface area contributed by atoms with Crippen LogP contribution in [0.4, 0.5) is 4.79 Å². The van der Waals surface area contributed by atoms with Crippen molar-refractivity contribution in [2.45, 2.75) is 45.6 Å². The Kier molecular flexibility index (Phi) is 4.75. The monoisotopic (exact) mass is 348 g/mol. The van der Waals surface area contributed by atoms with Crippen molar-refractivity contribution in [3.8, 4) is 0 Å². The number of aryl methyl sites for hydroxylation is 2. The van der Waals surface area contributed by atoms with Crippen molar-refractivity contribution >= 4 is 12.0 Å². The van der Waals surface area contributed by atoms with Crippen LogP contribution in [0, 0.1) is 12.8 Å². The molecule has 2 amide bonds. The summed E-state index contributed by atoms with van der Waals surface area (Å²) in [7, 11) is 1.79. The highest BCUT2D eigenvalue weighted by Crippen LogP contribution is 2.34. The second-order valence-electron chi connectivity index (χ2n) is 7.74. The van der Waals surface area contributed by atoms with E-state index in [1.807, 2.05) is 22.8 Å². The van der Waals surface area contributed by atoms with E-state index in [0.29, 0.717) is 44.1 Å². The van der Waals surface area contributed by atoms with Crippen LogP contribution in [0.25, 0.3) is 0 Å². The fourth-order valence-electron chi connectivity index (χ4n) is 3.63.